The number of amides is 1. The second-order valence-electron chi connectivity index (χ2n) is 6.61. The molecule has 1 aromatic carbocycles. The summed E-state index contributed by atoms with van der Waals surface area (Å²) in [5.74, 6) is -1.51. The quantitative estimate of drug-likeness (QED) is 0.720. The number of nitrogens with two attached hydrogens (primary N) is 1. The minimum absolute atomic E-state index is 0.138. The molecular weight excluding hydrogens is 372 g/mol. The van der Waals surface area contributed by atoms with Gasteiger partial charge in [-0.1, -0.05) is 0 Å². The number of hydrogen-bond donors (Lipinski definition) is 2. The van der Waals surface area contributed by atoms with Crippen LogP contribution in [0.5, 0.6) is 0 Å². The van der Waals surface area contributed by atoms with Crippen molar-refractivity contribution < 1.29 is 13.6 Å². The van der Waals surface area contributed by atoms with Crippen LogP contribution >= 0.6 is 11.3 Å². The van der Waals surface area contributed by atoms with Crippen molar-refractivity contribution >= 4 is 38.8 Å². The summed E-state index contributed by atoms with van der Waals surface area (Å²) in [4.78, 5) is 15.4. The van der Waals surface area contributed by atoms with Gasteiger partial charge in [0.25, 0.3) is 5.91 Å². The average Bonchev–Trinajstić information content (AvgIpc) is 2.92. The lowest BCUT2D eigenvalue weighted by atomic mass is 10.1. The van der Waals surface area contributed by atoms with E-state index in [9.17, 15) is 13.6 Å². The highest BCUT2D eigenvalue weighted by Crippen LogP contribution is 2.35. The minimum Gasteiger partial charge on any atom is -0.397 e. The lowest BCUT2D eigenvalue weighted by molar-refractivity contribution is 0.0935. The van der Waals surface area contributed by atoms with Crippen molar-refractivity contribution in [3.8, 4) is 0 Å². The molecular formula is C18H17F2N5OS. The summed E-state index contributed by atoms with van der Waals surface area (Å²) in [5.41, 5.74) is 8.60. The first-order valence-electron chi connectivity index (χ1n) is 8.38. The Morgan fingerprint density at radius 2 is 2.04 bits per heavy atom. The third kappa shape index (κ3) is 2.97. The number of rotatable bonds is 3. The van der Waals surface area contributed by atoms with Crippen LogP contribution in [0.4, 0.5) is 20.2 Å². The molecule has 3 N–H and O–H groups in total. The van der Waals surface area contributed by atoms with Crippen molar-refractivity contribution in [3.05, 3.63) is 46.0 Å². The Morgan fingerprint density at radius 3 is 2.74 bits per heavy atom. The zero-order valence-corrected chi connectivity index (χ0v) is 15.5. The van der Waals surface area contributed by atoms with Gasteiger partial charge in [0.1, 0.15) is 21.3 Å². The van der Waals surface area contributed by atoms with E-state index in [4.69, 9.17) is 5.73 Å². The number of carbonyl (C=O) groups is 1. The smallest absolute Gasteiger partial charge is 0.263 e. The largest absolute Gasteiger partial charge is 0.397 e. The second kappa shape index (κ2) is 6.41. The number of fused-ring (bicyclic) bond motifs is 1. The van der Waals surface area contributed by atoms with Gasteiger partial charge in [-0.05, 0) is 31.5 Å². The highest BCUT2D eigenvalue weighted by atomic mass is 32.1. The maximum absolute atomic E-state index is 13.8. The van der Waals surface area contributed by atoms with Crippen LogP contribution in [0.2, 0.25) is 0 Å². The molecule has 0 spiro atoms. The maximum Gasteiger partial charge on any atom is 0.263 e. The third-order valence-corrected chi connectivity index (χ3v) is 5.90. The van der Waals surface area contributed by atoms with Gasteiger partial charge in [-0.3, -0.25) is 4.79 Å². The molecule has 1 amide bonds. The SMILES string of the molecule is Cc1nnc2sc(C(=O)NC3CN(c4ccc(F)cc4F)C3)c(N)c2c1C. The Balaban J connectivity index is 1.47. The van der Waals surface area contributed by atoms with Crippen LogP contribution in [-0.2, 0) is 0 Å². The molecule has 9 heteroatoms. The number of hydrogen-bond acceptors (Lipinski definition) is 6. The minimum atomic E-state index is -0.615. The molecule has 1 saturated heterocycles. The van der Waals surface area contributed by atoms with Crippen molar-refractivity contribution in [1.29, 1.82) is 0 Å². The van der Waals surface area contributed by atoms with E-state index in [1.54, 1.807) is 4.90 Å². The van der Waals surface area contributed by atoms with E-state index in [2.05, 4.69) is 15.5 Å². The van der Waals surface area contributed by atoms with Gasteiger partial charge < -0.3 is 16.0 Å². The molecule has 3 heterocycles. The number of anilines is 2. The van der Waals surface area contributed by atoms with Crippen molar-refractivity contribution in [2.24, 2.45) is 0 Å². The second-order valence-corrected chi connectivity index (χ2v) is 7.61. The highest BCUT2D eigenvalue weighted by Gasteiger charge is 2.31. The number of aryl methyl sites for hydroxylation is 2. The number of nitrogens with zero attached hydrogens (tertiary/aromatic N) is 3. The van der Waals surface area contributed by atoms with E-state index in [-0.39, 0.29) is 11.9 Å². The lowest BCUT2D eigenvalue weighted by Crippen LogP contribution is -2.59. The van der Waals surface area contributed by atoms with E-state index in [1.165, 1.54) is 23.5 Å². The molecule has 3 aromatic rings. The Labute approximate surface area is 158 Å². The van der Waals surface area contributed by atoms with Gasteiger partial charge >= 0.3 is 0 Å². The molecule has 0 radical (unpaired) electrons. The molecule has 4 rings (SSSR count). The molecule has 1 aliphatic rings. The summed E-state index contributed by atoms with van der Waals surface area (Å²) < 4.78 is 26.8. The molecule has 1 aliphatic heterocycles. The molecule has 0 aliphatic carbocycles. The van der Waals surface area contributed by atoms with Gasteiger partial charge in [0.2, 0.25) is 0 Å². The molecule has 6 nitrogen and oxygen atoms in total. The summed E-state index contributed by atoms with van der Waals surface area (Å²) >= 11 is 1.21. The van der Waals surface area contributed by atoms with Gasteiger partial charge in [0, 0.05) is 24.5 Å². The number of carbonyl (C=O) groups excluding carboxylic acids is 1. The van der Waals surface area contributed by atoms with Crippen LogP contribution in [0.25, 0.3) is 10.2 Å². The van der Waals surface area contributed by atoms with Gasteiger partial charge in [0.15, 0.2) is 0 Å². The Kier molecular flexibility index (Phi) is 4.18. The van der Waals surface area contributed by atoms with Gasteiger partial charge in [0.05, 0.1) is 23.1 Å². The maximum atomic E-state index is 13.8. The molecule has 0 bridgehead atoms. The molecule has 140 valence electrons. The summed E-state index contributed by atoms with van der Waals surface area (Å²) in [5, 5.41) is 11.9. The zero-order valence-electron chi connectivity index (χ0n) is 14.7. The van der Waals surface area contributed by atoms with Crippen LogP contribution in [0.15, 0.2) is 18.2 Å². The number of halogens is 2. The Morgan fingerprint density at radius 1 is 1.30 bits per heavy atom. The van der Waals surface area contributed by atoms with Gasteiger partial charge in [-0.25, -0.2) is 8.78 Å². The lowest BCUT2D eigenvalue weighted by Gasteiger charge is -2.41. The van der Waals surface area contributed by atoms with E-state index in [1.807, 2.05) is 13.8 Å². The van der Waals surface area contributed by atoms with Crippen LogP contribution in [0.1, 0.15) is 20.9 Å². The van der Waals surface area contributed by atoms with Crippen LogP contribution in [0, 0.1) is 25.5 Å². The summed E-state index contributed by atoms with van der Waals surface area (Å²) in [7, 11) is 0. The topological polar surface area (TPSA) is 84.1 Å². The molecule has 0 unspecified atom stereocenters. The Hall–Kier alpha value is -2.81. The van der Waals surface area contributed by atoms with Crippen LogP contribution < -0.4 is 16.0 Å². The first-order valence-corrected chi connectivity index (χ1v) is 9.19. The van der Waals surface area contributed by atoms with E-state index < -0.39 is 11.6 Å². The van der Waals surface area contributed by atoms with E-state index >= 15 is 0 Å². The normalized spacial score (nSPS) is 14.4. The first-order chi connectivity index (χ1) is 12.8. The summed E-state index contributed by atoms with van der Waals surface area (Å²) in [6.07, 6.45) is 0. The third-order valence-electron chi connectivity index (χ3n) is 4.81. The number of aromatic nitrogens is 2. The molecule has 27 heavy (non-hydrogen) atoms. The van der Waals surface area contributed by atoms with E-state index in [0.29, 0.717) is 34.2 Å². The van der Waals surface area contributed by atoms with Crippen molar-refractivity contribution in [1.82, 2.24) is 15.5 Å². The molecule has 0 saturated carbocycles. The number of benzene rings is 1. The summed E-state index contributed by atoms with van der Waals surface area (Å²) in [6, 6.07) is 3.33. The van der Waals surface area contributed by atoms with Crippen molar-refractivity contribution in [3.63, 3.8) is 0 Å². The van der Waals surface area contributed by atoms with Gasteiger partial charge in [-0.15, -0.1) is 16.4 Å². The molecule has 1 fully saturated rings. The van der Waals surface area contributed by atoms with Crippen LogP contribution in [0.3, 0.4) is 0 Å². The van der Waals surface area contributed by atoms with Crippen molar-refractivity contribution in [2.75, 3.05) is 23.7 Å². The van der Waals surface area contributed by atoms with Gasteiger partial charge in [-0.2, -0.15) is 5.10 Å². The summed E-state index contributed by atoms with van der Waals surface area (Å²) in [6.45, 7) is 4.63. The number of nitrogen functional groups attached to an aromatic ring is 1. The monoisotopic (exact) mass is 389 g/mol. The first kappa shape index (κ1) is 17.6. The predicted octanol–water partition coefficient (Wildman–Crippen LogP) is 2.79. The average molecular weight is 389 g/mol. The fraction of sp³-hybridized carbons (Fsp3) is 0.278. The Bertz CT molecular complexity index is 1060. The predicted molar refractivity (Wildman–Crippen MR) is 101 cm³/mol. The van der Waals surface area contributed by atoms with Crippen molar-refractivity contribution in [2.45, 2.75) is 19.9 Å². The van der Waals surface area contributed by atoms with Crippen LogP contribution in [-0.4, -0.2) is 35.2 Å². The number of nitrogens with one attached hydrogen (secondary N) is 1. The fourth-order valence-corrected chi connectivity index (χ4v) is 4.17. The zero-order chi connectivity index (χ0) is 19.3. The number of thiophene rings is 1. The molecule has 2 aromatic heterocycles. The van der Waals surface area contributed by atoms with E-state index in [0.717, 1.165) is 22.7 Å². The highest BCUT2D eigenvalue weighted by molar-refractivity contribution is 7.21. The molecule has 0 atom stereocenters. The fourth-order valence-electron chi connectivity index (χ4n) is 3.16. The standard InChI is InChI=1S/C18H17F2N5OS/c1-8-9(2)23-24-18-14(8)15(21)16(27-18)17(26)22-11-6-25(7-11)13-4-3-10(19)5-12(13)20/h3-5,11H,6-7,21H2,1-2H3,(H,22,26).